The maximum absolute atomic E-state index is 13.2. The smallest absolute Gasteiger partial charge is 0.320 e. The number of aliphatic carboxylic acids is 2. The first-order valence-electron chi connectivity index (χ1n) is 17.4. The largest absolute Gasteiger partial charge is 0.494 e. The molecule has 14 nitrogen and oxygen atoms in total. The quantitative estimate of drug-likeness (QED) is 0.100. The summed E-state index contributed by atoms with van der Waals surface area (Å²) in [6.07, 6.45) is 2.19. The standard InChI is InChI=1S/C37H61N3O11/c1-11-12-19-48-29-15-13-27(14-16-29)20-28(40(23-31(43)44)26-34(47)51-37(8,9)10)21-38(24-32(45)49-35(2,3)4)17-18-39(22-30(41)42)25-33(46)50-36(5,6)7/h13-16,28H,11-12,17-26H2,1-10H3,(H,41,42)(H,43,44). The second-order valence-corrected chi connectivity index (χ2v) is 15.6. The van der Waals surface area contributed by atoms with Crippen LogP contribution in [-0.4, -0.2) is 137 Å². The fraction of sp³-hybridized carbons (Fsp3) is 0.703. The second-order valence-electron chi connectivity index (χ2n) is 15.6. The molecule has 0 saturated heterocycles. The number of ether oxygens (including phenoxy) is 4. The van der Waals surface area contributed by atoms with Gasteiger partial charge < -0.3 is 29.2 Å². The van der Waals surface area contributed by atoms with Gasteiger partial charge in [-0.05, 0) is 92.9 Å². The number of rotatable bonds is 22. The lowest BCUT2D eigenvalue weighted by atomic mass is 10.0. The lowest BCUT2D eigenvalue weighted by Gasteiger charge is -2.35. The molecule has 0 radical (unpaired) electrons. The minimum Gasteiger partial charge on any atom is -0.494 e. The lowest BCUT2D eigenvalue weighted by Crippen LogP contribution is -2.52. The lowest BCUT2D eigenvalue weighted by molar-refractivity contribution is -0.159. The van der Waals surface area contributed by atoms with E-state index in [4.69, 9.17) is 18.9 Å². The summed E-state index contributed by atoms with van der Waals surface area (Å²) in [4.78, 5) is 67.3. The fourth-order valence-electron chi connectivity index (χ4n) is 5.00. The third-order valence-electron chi connectivity index (χ3n) is 6.87. The maximum Gasteiger partial charge on any atom is 0.320 e. The molecule has 14 heteroatoms. The molecule has 1 unspecified atom stereocenters. The molecule has 51 heavy (non-hydrogen) atoms. The molecule has 0 aliphatic heterocycles. The van der Waals surface area contributed by atoms with Gasteiger partial charge in [-0.15, -0.1) is 0 Å². The van der Waals surface area contributed by atoms with Crippen molar-refractivity contribution in [1.82, 2.24) is 14.7 Å². The molecule has 290 valence electrons. The van der Waals surface area contributed by atoms with Crippen LogP contribution in [0, 0.1) is 0 Å². The van der Waals surface area contributed by atoms with E-state index in [0.29, 0.717) is 12.4 Å². The molecule has 2 N–H and O–H groups in total. The Morgan fingerprint density at radius 2 is 1.10 bits per heavy atom. The van der Waals surface area contributed by atoms with Crippen molar-refractivity contribution in [2.45, 2.75) is 111 Å². The Morgan fingerprint density at radius 1 is 0.647 bits per heavy atom. The molecular formula is C37H61N3O11. The van der Waals surface area contributed by atoms with Crippen LogP contribution in [0.2, 0.25) is 0 Å². The van der Waals surface area contributed by atoms with E-state index in [0.717, 1.165) is 18.4 Å². The summed E-state index contributed by atoms with van der Waals surface area (Å²) >= 11 is 0. The highest BCUT2D eigenvalue weighted by Crippen LogP contribution is 2.18. The Bertz CT molecular complexity index is 1260. The van der Waals surface area contributed by atoms with Gasteiger partial charge in [0.1, 0.15) is 22.6 Å². The zero-order valence-electron chi connectivity index (χ0n) is 32.3. The van der Waals surface area contributed by atoms with Crippen molar-refractivity contribution < 1.29 is 53.1 Å². The Morgan fingerprint density at radius 3 is 1.55 bits per heavy atom. The Kier molecular flexibility index (Phi) is 18.6. The van der Waals surface area contributed by atoms with Crippen LogP contribution in [0.3, 0.4) is 0 Å². The van der Waals surface area contributed by atoms with Crippen LogP contribution in [-0.2, 0) is 44.6 Å². The first kappa shape index (κ1) is 45.3. The van der Waals surface area contributed by atoms with Crippen LogP contribution in [0.15, 0.2) is 24.3 Å². The van der Waals surface area contributed by atoms with Gasteiger partial charge in [0, 0.05) is 25.7 Å². The van der Waals surface area contributed by atoms with Crippen molar-refractivity contribution >= 4 is 29.8 Å². The Hall–Kier alpha value is -3.75. The minimum absolute atomic E-state index is 0.0514. The van der Waals surface area contributed by atoms with E-state index in [-0.39, 0.29) is 45.7 Å². The number of benzene rings is 1. The van der Waals surface area contributed by atoms with Gasteiger partial charge >= 0.3 is 29.8 Å². The number of hydrogen-bond donors (Lipinski definition) is 2. The van der Waals surface area contributed by atoms with Crippen molar-refractivity contribution in [3.63, 3.8) is 0 Å². The molecule has 1 aromatic rings. The first-order chi connectivity index (χ1) is 23.4. The summed E-state index contributed by atoms with van der Waals surface area (Å²) in [5, 5.41) is 19.5. The summed E-state index contributed by atoms with van der Waals surface area (Å²) in [6, 6.07) is 6.76. The topological polar surface area (TPSA) is 172 Å². The van der Waals surface area contributed by atoms with E-state index < -0.39 is 65.8 Å². The number of unbranched alkanes of at least 4 members (excludes halogenated alkanes) is 1. The van der Waals surface area contributed by atoms with Gasteiger partial charge in [-0.1, -0.05) is 25.5 Å². The molecule has 1 atom stereocenters. The SMILES string of the molecule is CCCCOc1ccc(CC(CN(CCN(CC(=O)O)CC(=O)OC(C)(C)C)CC(=O)OC(C)(C)C)N(CC(=O)O)CC(=O)OC(C)(C)C)cc1. The summed E-state index contributed by atoms with van der Waals surface area (Å²) in [6.45, 7) is 16.6. The maximum atomic E-state index is 13.2. The zero-order valence-corrected chi connectivity index (χ0v) is 32.3. The average Bonchev–Trinajstić information content (AvgIpc) is 2.92. The van der Waals surface area contributed by atoms with Crippen LogP contribution < -0.4 is 4.74 Å². The first-order valence-corrected chi connectivity index (χ1v) is 17.4. The molecule has 0 spiro atoms. The molecule has 1 aromatic carbocycles. The van der Waals surface area contributed by atoms with E-state index in [1.54, 1.807) is 67.2 Å². The molecular weight excluding hydrogens is 662 g/mol. The number of hydrogen-bond acceptors (Lipinski definition) is 12. The summed E-state index contributed by atoms with van der Waals surface area (Å²) in [7, 11) is 0. The van der Waals surface area contributed by atoms with Gasteiger partial charge in [0.05, 0.1) is 39.3 Å². The molecule has 0 fully saturated rings. The number of carboxylic acids is 2. The minimum atomic E-state index is -1.16. The molecule has 0 aromatic heterocycles. The van der Waals surface area contributed by atoms with Gasteiger partial charge in [-0.3, -0.25) is 38.7 Å². The summed E-state index contributed by atoms with van der Waals surface area (Å²) in [5.74, 6) is -3.39. The van der Waals surface area contributed by atoms with E-state index in [9.17, 15) is 34.2 Å². The number of carbonyl (C=O) groups is 5. The van der Waals surface area contributed by atoms with E-state index >= 15 is 0 Å². The normalized spacial score (nSPS) is 12.9. The van der Waals surface area contributed by atoms with Gasteiger partial charge in [0.15, 0.2) is 0 Å². The fourth-order valence-corrected chi connectivity index (χ4v) is 5.00. The van der Waals surface area contributed by atoms with Gasteiger partial charge in [0.2, 0.25) is 0 Å². The third-order valence-corrected chi connectivity index (χ3v) is 6.87. The van der Waals surface area contributed by atoms with Crippen molar-refractivity contribution in [1.29, 1.82) is 0 Å². The van der Waals surface area contributed by atoms with Crippen LogP contribution in [0.25, 0.3) is 0 Å². The van der Waals surface area contributed by atoms with Gasteiger partial charge in [-0.25, -0.2) is 0 Å². The molecule has 0 bridgehead atoms. The molecule has 1 rings (SSSR count). The highest BCUT2D eigenvalue weighted by atomic mass is 16.6. The second kappa shape index (κ2) is 20.9. The summed E-state index contributed by atoms with van der Waals surface area (Å²) < 4.78 is 22.3. The average molecular weight is 724 g/mol. The monoisotopic (exact) mass is 723 g/mol. The van der Waals surface area contributed by atoms with Crippen molar-refractivity contribution in [2.75, 3.05) is 59.0 Å². The number of carbonyl (C=O) groups excluding carboxylic acids is 3. The van der Waals surface area contributed by atoms with Gasteiger partial charge in [-0.2, -0.15) is 0 Å². The predicted molar refractivity (Wildman–Crippen MR) is 192 cm³/mol. The van der Waals surface area contributed by atoms with E-state index in [2.05, 4.69) is 6.92 Å². The molecule has 0 aliphatic carbocycles. The van der Waals surface area contributed by atoms with Crippen LogP contribution in [0.5, 0.6) is 5.75 Å². The van der Waals surface area contributed by atoms with Crippen LogP contribution >= 0.6 is 0 Å². The third kappa shape index (κ3) is 22.6. The number of nitrogens with zero attached hydrogens (tertiary/aromatic N) is 3. The zero-order chi connectivity index (χ0) is 39.0. The van der Waals surface area contributed by atoms with Crippen LogP contribution in [0.1, 0.15) is 87.6 Å². The van der Waals surface area contributed by atoms with Crippen molar-refractivity contribution in [3.8, 4) is 5.75 Å². The highest BCUT2D eigenvalue weighted by Gasteiger charge is 2.30. The summed E-state index contributed by atoms with van der Waals surface area (Å²) in [5.41, 5.74) is -1.54. The Balaban J connectivity index is 3.53. The van der Waals surface area contributed by atoms with Crippen molar-refractivity contribution in [3.05, 3.63) is 29.8 Å². The molecule has 0 heterocycles. The predicted octanol–water partition coefficient (Wildman–Crippen LogP) is 3.88. The molecule has 0 aliphatic rings. The Labute approximate surface area is 303 Å². The van der Waals surface area contributed by atoms with Crippen LogP contribution in [0.4, 0.5) is 0 Å². The van der Waals surface area contributed by atoms with Crippen molar-refractivity contribution in [2.24, 2.45) is 0 Å². The van der Waals surface area contributed by atoms with Gasteiger partial charge in [0.25, 0.3) is 0 Å². The van der Waals surface area contributed by atoms with E-state index in [1.165, 1.54) is 9.80 Å². The number of carboxylic acid groups (broad SMARTS) is 2. The molecule has 0 saturated carbocycles. The highest BCUT2D eigenvalue weighted by molar-refractivity contribution is 5.75. The molecule has 0 amide bonds. The number of esters is 3. The van der Waals surface area contributed by atoms with E-state index in [1.807, 2.05) is 24.3 Å².